The summed E-state index contributed by atoms with van der Waals surface area (Å²) in [7, 11) is 2.13. The molecule has 0 heterocycles. The lowest BCUT2D eigenvalue weighted by Gasteiger charge is -2.21. The van der Waals surface area contributed by atoms with Crippen LogP contribution in [0.4, 0.5) is 4.39 Å². The Hall–Kier alpha value is -0.930. The lowest BCUT2D eigenvalue weighted by molar-refractivity contribution is 0.268. The van der Waals surface area contributed by atoms with Gasteiger partial charge in [-0.15, -0.1) is 0 Å². The standard InChI is InChI=1S/C15H25FN2/c1-12(2)18(4)11-7-10-17-13(3)14-8-5-6-9-15(14)16/h5-6,8-9,12-13,17H,7,10-11H2,1-4H3. The van der Waals surface area contributed by atoms with Crippen molar-refractivity contribution in [2.24, 2.45) is 0 Å². The summed E-state index contributed by atoms with van der Waals surface area (Å²) in [5.41, 5.74) is 0.745. The van der Waals surface area contributed by atoms with Crippen LogP contribution in [0.5, 0.6) is 0 Å². The molecule has 0 radical (unpaired) electrons. The molecule has 1 aromatic carbocycles. The summed E-state index contributed by atoms with van der Waals surface area (Å²) in [6, 6.07) is 7.60. The van der Waals surface area contributed by atoms with Crippen molar-refractivity contribution in [1.29, 1.82) is 0 Å². The summed E-state index contributed by atoms with van der Waals surface area (Å²) in [6.45, 7) is 8.36. The molecule has 0 saturated carbocycles. The van der Waals surface area contributed by atoms with Gasteiger partial charge in [0.05, 0.1) is 0 Å². The second-order valence-electron chi connectivity index (χ2n) is 5.13. The van der Waals surface area contributed by atoms with Gasteiger partial charge < -0.3 is 10.2 Å². The fraction of sp³-hybridized carbons (Fsp3) is 0.600. The first-order chi connectivity index (χ1) is 8.52. The molecule has 0 saturated heterocycles. The van der Waals surface area contributed by atoms with Crippen molar-refractivity contribution in [3.05, 3.63) is 35.6 Å². The van der Waals surface area contributed by atoms with Crippen LogP contribution in [0, 0.1) is 5.82 Å². The lowest BCUT2D eigenvalue weighted by Crippen LogP contribution is -2.30. The summed E-state index contributed by atoms with van der Waals surface area (Å²) >= 11 is 0. The zero-order chi connectivity index (χ0) is 13.5. The van der Waals surface area contributed by atoms with Crippen LogP contribution in [0.25, 0.3) is 0 Å². The molecule has 1 rings (SSSR count). The quantitative estimate of drug-likeness (QED) is 0.750. The third kappa shape index (κ3) is 4.75. The molecule has 0 aliphatic rings. The second-order valence-corrected chi connectivity index (χ2v) is 5.13. The molecule has 18 heavy (non-hydrogen) atoms. The van der Waals surface area contributed by atoms with Crippen LogP contribution in [0.15, 0.2) is 24.3 Å². The minimum atomic E-state index is -0.128. The summed E-state index contributed by atoms with van der Waals surface area (Å²) in [6.07, 6.45) is 1.08. The fourth-order valence-corrected chi connectivity index (χ4v) is 1.84. The number of hydrogen-bond acceptors (Lipinski definition) is 2. The first kappa shape index (κ1) is 15.1. The van der Waals surface area contributed by atoms with Crippen molar-refractivity contribution >= 4 is 0 Å². The number of nitrogens with one attached hydrogen (secondary N) is 1. The van der Waals surface area contributed by atoms with Crippen LogP contribution in [-0.4, -0.2) is 31.1 Å². The molecule has 0 fully saturated rings. The molecule has 102 valence electrons. The van der Waals surface area contributed by atoms with E-state index >= 15 is 0 Å². The topological polar surface area (TPSA) is 15.3 Å². The maximum absolute atomic E-state index is 13.5. The van der Waals surface area contributed by atoms with Gasteiger partial charge >= 0.3 is 0 Å². The largest absolute Gasteiger partial charge is 0.310 e. The Balaban J connectivity index is 2.30. The Bertz CT molecular complexity index is 352. The molecule has 1 atom stereocenters. The number of hydrogen-bond donors (Lipinski definition) is 1. The Morgan fingerprint density at radius 2 is 1.89 bits per heavy atom. The van der Waals surface area contributed by atoms with Gasteiger partial charge in [0.25, 0.3) is 0 Å². The lowest BCUT2D eigenvalue weighted by atomic mass is 10.1. The maximum Gasteiger partial charge on any atom is 0.127 e. The highest BCUT2D eigenvalue weighted by Crippen LogP contribution is 2.15. The Labute approximate surface area is 110 Å². The average Bonchev–Trinajstić information content (AvgIpc) is 2.34. The van der Waals surface area contributed by atoms with Crippen molar-refractivity contribution in [1.82, 2.24) is 10.2 Å². The van der Waals surface area contributed by atoms with E-state index in [0.717, 1.165) is 25.1 Å². The van der Waals surface area contributed by atoms with Gasteiger partial charge in [-0.3, -0.25) is 0 Å². The molecule has 0 bridgehead atoms. The molecule has 2 nitrogen and oxygen atoms in total. The molecule has 0 spiro atoms. The second kappa shape index (κ2) is 7.49. The first-order valence-electron chi connectivity index (χ1n) is 6.70. The minimum absolute atomic E-state index is 0.0653. The molecule has 0 aliphatic carbocycles. The zero-order valence-electron chi connectivity index (χ0n) is 11.9. The summed E-state index contributed by atoms with van der Waals surface area (Å²) < 4.78 is 13.5. The molecular formula is C15H25FN2. The average molecular weight is 252 g/mol. The van der Waals surface area contributed by atoms with E-state index < -0.39 is 0 Å². The monoisotopic (exact) mass is 252 g/mol. The Morgan fingerprint density at radius 3 is 2.50 bits per heavy atom. The number of nitrogens with zero attached hydrogens (tertiary/aromatic N) is 1. The molecule has 0 aliphatic heterocycles. The predicted octanol–water partition coefficient (Wildman–Crippen LogP) is 3.21. The van der Waals surface area contributed by atoms with E-state index in [4.69, 9.17) is 0 Å². The maximum atomic E-state index is 13.5. The van der Waals surface area contributed by atoms with Crippen LogP contribution in [-0.2, 0) is 0 Å². The summed E-state index contributed by atoms with van der Waals surface area (Å²) in [4.78, 5) is 2.31. The normalized spacial score (nSPS) is 13.3. The van der Waals surface area contributed by atoms with E-state index in [0.29, 0.717) is 6.04 Å². The highest BCUT2D eigenvalue weighted by molar-refractivity contribution is 5.20. The summed E-state index contributed by atoms with van der Waals surface area (Å²) in [5, 5.41) is 3.37. The minimum Gasteiger partial charge on any atom is -0.310 e. The third-order valence-electron chi connectivity index (χ3n) is 3.39. The molecule has 1 N–H and O–H groups in total. The van der Waals surface area contributed by atoms with Gasteiger partial charge in [-0.1, -0.05) is 18.2 Å². The Morgan fingerprint density at radius 1 is 1.22 bits per heavy atom. The predicted molar refractivity (Wildman–Crippen MR) is 75.2 cm³/mol. The van der Waals surface area contributed by atoms with E-state index in [1.165, 1.54) is 6.07 Å². The van der Waals surface area contributed by atoms with E-state index in [1.54, 1.807) is 6.07 Å². The van der Waals surface area contributed by atoms with Crippen LogP contribution >= 0.6 is 0 Å². The third-order valence-corrected chi connectivity index (χ3v) is 3.39. The van der Waals surface area contributed by atoms with Gasteiger partial charge in [-0.25, -0.2) is 4.39 Å². The van der Waals surface area contributed by atoms with Crippen LogP contribution in [0.2, 0.25) is 0 Å². The highest BCUT2D eigenvalue weighted by atomic mass is 19.1. The van der Waals surface area contributed by atoms with E-state index in [-0.39, 0.29) is 11.9 Å². The SMILES string of the molecule is CC(NCCCN(C)C(C)C)c1ccccc1F. The molecule has 0 amide bonds. The highest BCUT2D eigenvalue weighted by Gasteiger charge is 2.09. The fourth-order valence-electron chi connectivity index (χ4n) is 1.84. The van der Waals surface area contributed by atoms with E-state index in [1.807, 2.05) is 19.1 Å². The van der Waals surface area contributed by atoms with E-state index in [9.17, 15) is 4.39 Å². The molecule has 0 aromatic heterocycles. The van der Waals surface area contributed by atoms with Gasteiger partial charge in [0, 0.05) is 17.6 Å². The van der Waals surface area contributed by atoms with Crippen molar-refractivity contribution in [2.45, 2.75) is 39.3 Å². The summed E-state index contributed by atoms with van der Waals surface area (Å²) in [5.74, 6) is -0.128. The Kier molecular flexibility index (Phi) is 6.30. The van der Waals surface area contributed by atoms with Crippen molar-refractivity contribution in [3.8, 4) is 0 Å². The van der Waals surface area contributed by atoms with Gasteiger partial charge in [0.15, 0.2) is 0 Å². The molecule has 3 heteroatoms. The van der Waals surface area contributed by atoms with Gasteiger partial charge in [-0.2, -0.15) is 0 Å². The number of halogens is 1. The van der Waals surface area contributed by atoms with Gasteiger partial charge in [-0.05, 0) is 53.4 Å². The first-order valence-corrected chi connectivity index (χ1v) is 6.70. The van der Waals surface area contributed by atoms with Gasteiger partial charge in [0.1, 0.15) is 5.82 Å². The van der Waals surface area contributed by atoms with Crippen molar-refractivity contribution in [3.63, 3.8) is 0 Å². The molecular weight excluding hydrogens is 227 g/mol. The van der Waals surface area contributed by atoms with Crippen LogP contribution < -0.4 is 5.32 Å². The molecule has 1 unspecified atom stereocenters. The van der Waals surface area contributed by atoms with Crippen LogP contribution in [0.3, 0.4) is 0 Å². The van der Waals surface area contributed by atoms with Crippen molar-refractivity contribution in [2.75, 3.05) is 20.1 Å². The molecule has 1 aromatic rings. The van der Waals surface area contributed by atoms with Crippen molar-refractivity contribution < 1.29 is 4.39 Å². The number of benzene rings is 1. The van der Waals surface area contributed by atoms with Gasteiger partial charge in [0.2, 0.25) is 0 Å². The van der Waals surface area contributed by atoms with E-state index in [2.05, 4.69) is 31.1 Å². The van der Waals surface area contributed by atoms with Crippen LogP contribution in [0.1, 0.15) is 38.8 Å². The number of rotatable bonds is 7. The smallest absolute Gasteiger partial charge is 0.127 e. The zero-order valence-corrected chi connectivity index (χ0v) is 11.9.